The van der Waals surface area contributed by atoms with Crippen LogP contribution in [-0.2, 0) is 0 Å². The van der Waals surface area contributed by atoms with Crippen LogP contribution in [0.3, 0.4) is 0 Å². The lowest BCUT2D eigenvalue weighted by atomic mass is 10.1. The van der Waals surface area contributed by atoms with Gasteiger partial charge in [-0.25, -0.2) is 0 Å². The van der Waals surface area contributed by atoms with Gasteiger partial charge in [0.25, 0.3) is 0 Å². The zero-order valence-electron chi connectivity index (χ0n) is 12.0. The lowest BCUT2D eigenvalue weighted by molar-refractivity contribution is 0.477. The minimum Gasteiger partial charge on any atom is -0.454 e. The van der Waals surface area contributed by atoms with Crippen molar-refractivity contribution in [1.82, 2.24) is 10.3 Å². The van der Waals surface area contributed by atoms with Crippen LogP contribution in [0.4, 0.5) is 0 Å². The Morgan fingerprint density at radius 1 is 1.30 bits per heavy atom. The van der Waals surface area contributed by atoms with E-state index in [-0.39, 0.29) is 6.04 Å². The van der Waals surface area contributed by atoms with Crippen molar-refractivity contribution in [2.24, 2.45) is 0 Å². The molecule has 3 nitrogen and oxygen atoms in total. The fraction of sp³-hybridized carbons (Fsp3) is 0.312. The Labute approximate surface area is 124 Å². The van der Waals surface area contributed by atoms with E-state index in [4.69, 9.17) is 16.3 Å². The van der Waals surface area contributed by atoms with Crippen LogP contribution in [-0.4, -0.2) is 12.0 Å². The average Bonchev–Trinajstić information content (AvgIpc) is 2.46. The molecular weight excluding hydrogens is 272 g/mol. The Morgan fingerprint density at radius 3 is 2.70 bits per heavy atom. The summed E-state index contributed by atoms with van der Waals surface area (Å²) in [6.45, 7) is 4.13. The molecule has 4 heteroatoms. The fourth-order valence-corrected chi connectivity index (χ4v) is 2.19. The maximum Gasteiger partial charge on any atom is 0.146 e. The van der Waals surface area contributed by atoms with Crippen molar-refractivity contribution in [3.8, 4) is 11.5 Å². The first kappa shape index (κ1) is 14.8. The number of rotatable bonds is 5. The van der Waals surface area contributed by atoms with Gasteiger partial charge in [0, 0.05) is 6.04 Å². The first-order chi connectivity index (χ1) is 9.63. The van der Waals surface area contributed by atoms with Crippen LogP contribution < -0.4 is 10.1 Å². The lowest BCUT2D eigenvalue weighted by Crippen LogP contribution is -2.16. The second kappa shape index (κ2) is 6.73. The van der Waals surface area contributed by atoms with Crippen molar-refractivity contribution in [3.05, 3.63) is 52.8 Å². The molecule has 2 aromatic rings. The molecule has 2 rings (SSSR count). The summed E-state index contributed by atoms with van der Waals surface area (Å²) in [6.07, 6.45) is 2.72. The van der Waals surface area contributed by atoms with Crippen LogP contribution in [0.1, 0.15) is 30.6 Å². The summed E-state index contributed by atoms with van der Waals surface area (Å²) in [5.41, 5.74) is 2.12. The van der Waals surface area contributed by atoms with E-state index >= 15 is 0 Å². The maximum atomic E-state index is 6.12. The Balaban J connectivity index is 2.16. The summed E-state index contributed by atoms with van der Waals surface area (Å²) >= 11 is 6.12. The van der Waals surface area contributed by atoms with Gasteiger partial charge in [0.1, 0.15) is 11.5 Å². The monoisotopic (exact) mass is 290 g/mol. The summed E-state index contributed by atoms with van der Waals surface area (Å²) in [5.74, 6) is 1.34. The van der Waals surface area contributed by atoms with Gasteiger partial charge >= 0.3 is 0 Å². The molecule has 0 aliphatic heterocycles. The number of aryl methyl sites for hydroxylation is 1. The first-order valence-electron chi connectivity index (χ1n) is 6.71. The molecule has 1 N–H and O–H groups in total. The molecular formula is C16H19ClN2O. The molecule has 0 bridgehead atoms. The first-order valence-corrected chi connectivity index (χ1v) is 7.09. The van der Waals surface area contributed by atoms with Crippen LogP contribution >= 0.6 is 11.6 Å². The summed E-state index contributed by atoms with van der Waals surface area (Å²) in [4.78, 5) is 4.44. The Bertz CT molecular complexity index is 565. The quantitative estimate of drug-likeness (QED) is 0.880. The van der Waals surface area contributed by atoms with E-state index in [2.05, 4.69) is 17.2 Å². The minimum absolute atomic E-state index is 0.270. The van der Waals surface area contributed by atoms with Gasteiger partial charge in [-0.05, 0) is 50.2 Å². The molecule has 1 heterocycles. The van der Waals surface area contributed by atoms with Gasteiger partial charge in [-0.2, -0.15) is 0 Å². The van der Waals surface area contributed by atoms with Gasteiger partial charge in [0.2, 0.25) is 0 Å². The van der Waals surface area contributed by atoms with Gasteiger partial charge in [0.15, 0.2) is 0 Å². The number of hydrogen-bond acceptors (Lipinski definition) is 3. The molecule has 0 radical (unpaired) electrons. The molecule has 20 heavy (non-hydrogen) atoms. The summed E-state index contributed by atoms with van der Waals surface area (Å²) in [5, 5.41) is 3.83. The highest BCUT2D eigenvalue weighted by molar-refractivity contribution is 6.32. The molecule has 0 spiro atoms. The van der Waals surface area contributed by atoms with Crippen molar-refractivity contribution in [2.75, 3.05) is 7.05 Å². The molecule has 0 saturated heterocycles. The SMILES string of the molecule is CCC(NC)c1ccc(Oc2cc(C)ccc2Cl)cn1. The third-order valence-electron chi connectivity index (χ3n) is 3.19. The van der Waals surface area contributed by atoms with E-state index in [1.807, 2.05) is 44.3 Å². The highest BCUT2D eigenvalue weighted by Gasteiger charge is 2.09. The van der Waals surface area contributed by atoms with Crippen LogP contribution in [0.2, 0.25) is 5.02 Å². The van der Waals surface area contributed by atoms with Gasteiger partial charge in [0.05, 0.1) is 16.9 Å². The molecule has 0 aliphatic rings. The van der Waals surface area contributed by atoms with Crippen molar-refractivity contribution < 1.29 is 4.74 Å². The highest BCUT2D eigenvalue weighted by atomic mass is 35.5. The third kappa shape index (κ3) is 3.50. The molecule has 1 aromatic carbocycles. The minimum atomic E-state index is 0.270. The predicted octanol–water partition coefficient (Wildman–Crippen LogP) is 4.51. The summed E-state index contributed by atoms with van der Waals surface area (Å²) < 4.78 is 5.78. The van der Waals surface area contributed by atoms with E-state index in [1.54, 1.807) is 6.20 Å². The molecule has 0 aliphatic carbocycles. The Hall–Kier alpha value is -1.58. The number of benzene rings is 1. The number of nitrogens with zero attached hydrogens (tertiary/aromatic N) is 1. The third-order valence-corrected chi connectivity index (χ3v) is 3.50. The second-order valence-corrected chi connectivity index (χ2v) is 5.11. The number of nitrogens with one attached hydrogen (secondary N) is 1. The molecule has 1 unspecified atom stereocenters. The molecule has 0 amide bonds. The highest BCUT2D eigenvalue weighted by Crippen LogP contribution is 2.30. The smallest absolute Gasteiger partial charge is 0.146 e. The van der Waals surface area contributed by atoms with E-state index in [0.29, 0.717) is 16.5 Å². The molecule has 1 aromatic heterocycles. The topological polar surface area (TPSA) is 34.1 Å². The van der Waals surface area contributed by atoms with Gasteiger partial charge < -0.3 is 10.1 Å². The Morgan fingerprint density at radius 2 is 2.10 bits per heavy atom. The van der Waals surface area contributed by atoms with Crippen LogP contribution in [0.25, 0.3) is 0 Å². The lowest BCUT2D eigenvalue weighted by Gasteiger charge is -2.14. The normalized spacial score (nSPS) is 12.2. The van der Waals surface area contributed by atoms with Gasteiger partial charge in [-0.1, -0.05) is 24.6 Å². The average molecular weight is 291 g/mol. The predicted molar refractivity (Wildman–Crippen MR) is 82.6 cm³/mol. The number of aromatic nitrogens is 1. The summed E-state index contributed by atoms with van der Waals surface area (Å²) in [7, 11) is 1.94. The van der Waals surface area contributed by atoms with Crippen molar-refractivity contribution in [2.45, 2.75) is 26.3 Å². The molecule has 0 saturated carbocycles. The molecule has 1 atom stereocenters. The van der Waals surface area contributed by atoms with Crippen LogP contribution in [0.5, 0.6) is 11.5 Å². The van der Waals surface area contributed by atoms with Gasteiger partial charge in [-0.3, -0.25) is 4.98 Å². The number of ether oxygens (including phenoxy) is 1. The van der Waals surface area contributed by atoms with Crippen molar-refractivity contribution >= 4 is 11.6 Å². The fourth-order valence-electron chi connectivity index (χ4n) is 2.04. The van der Waals surface area contributed by atoms with E-state index in [0.717, 1.165) is 17.7 Å². The zero-order chi connectivity index (χ0) is 14.5. The summed E-state index contributed by atoms with van der Waals surface area (Å²) in [6, 6.07) is 9.87. The molecule has 0 fully saturated rings. The zero-order valence-corrected chi connectivity index (χ0v) is 12.7. The van der Waals surface area contributed by atoms with Gasteiger partial charge in [-0.15, -0.1) is 0 Å². The Kier molecular flexibility index (Phi) is 4.99. The van der Waals surface area contributed by atoms with Crippen LogP contribution in [0, 0.1) is 6.92 Å². The van der Waals surface area contributed by atoms with E-state index in [1.165, 1.54) is 0 Å². The van der Waals surface area contributed by atoms with Crippen molar-refractivity contribution in [3.63, 3.8) is 0 Å². The standard InChI is InChI=1S/C16H19ClN2O/c1-4-14(18-3)15-8-6-12(10-19-15)20-16-9-11(2)5-7-13(16)17/h5-10,14,18H,4H2,1-3H3. The van der Waals surface area contributed by atoms with E-state index in [9.17, 15) is 0 Å². The maximum absolute atomic E-state index is 6.12. The van der Waals surface area contributed by atoms with Crippen LogP contribution in [0.15, 0.2) is 36.5 Å². The number of hydrogen-bond donors (Lipinski definition) is 1. The second-order valence-electron chi connectivity index (χ2n) is 4.70. The number of pyridine rings is 1. The molecule has 106 valence electrons. The van der Waals surface area contributed by atoms with Crippen molar-refractivity contribution in [1.29, 1.82) is 0 Å². The number of halogens is 1. The van der Waals surface area contributed by atoms with E-state index < -0.39 is 0 Å². The largest absolute Gasteiger partial charge is 0.454 e.